The molecule has 7 heteroatoms. The molecular weight excluding hydrogens is 371 g/mol. The largest absolute Gasteiger partial charge is 0.493 e. The molecule has 0 aliphatic rings. The number of carbonyl (C=O) groups is 1. The molecule has 0 atom stereocenters. The van der Waals surface area contributed by atoms with E-state index in [1.165, 1.54) is 12.1 Å². The fourth-order valence-electron chi connectivity index (χ4n) is 3.57. The van der Waals surface area contributed by atoms with E-state index in [-0.39, 0.29) is 17.4 Å². The molecule has 2 aromatic carbocycles. The number of rotatable bonds is 3. The first-order chi connectivity index (χ1) is 13.9. The summed E-state index contributed by atoms with van der Waals surface area (Å²) in [6.07, 6.45) is 0. The first kappa shape index (κ1) is 18.6. The lowest BCUT2D eigenvalue weighted by Gasteiger charge is -2.09. The van der Waals surface area contributed by atoms with Crippen molar-refractivity contribution in [1.29, 1.82) is 0 Å². The molecule has 1 N–H and O–H groups in total. The van der Waals surface area contributed by atoms with E-state index in [9.17, 15) is 14.3 Å². The first-order valence-electron chi connectivity index (χ1n) is 9.06. The van der Waals surface area contributed by atoms with Crippen LogP contribution < -0.4 is 0 Å². The molecule has 146 valence electrons. The second-order valence-corrected chi connectivity index (χ2v) is 6.85. The van der Waals surface area contributed by atoms with Crippen LogP contribution in [0.3, 0.4) is 0 Å². The van der Waals surface area contributed by atoms with Crippen molar-refractivity contribution in [2.45, 2.75) is 13.8 Å². The Kier molecular flexibility index (Phi) is 4.50. The van der Waals surface area contributed by atoms with Crippen LogP contribution in [0.4, 0.5) is 10.1 Å². The molecule has 0 fully saturated rings. The molecule has 0 unspecified atom stereocenters. The number of nitrogens with zero attached hydrogens (tertiary/aromatic N) is 4. The first-order valence-corrected chi connectivity index (χ1v) is 9.06. The number of aromatic hydroxyl groups is 1. The van der Waals surface area contributed by atoms with Gasteiger partial charge in [-0.1, -0.05) is 18.2 Å². The van der Waals surface area contributed by atoms with Crippen LogP contribution in [0.25, 0.3) is 16.6 Å². The van der Waals surface area contributed by atoms with Gasteiger partial charge in [-0.15, -0.1) is 10.2 Å². The van der Waals surface area contributed by atoms with E-state index in [1.807, 2.05) is 35.8 Å². The topological polar surface area (TPSA) is 71.9 Å². The maximum Gasteiger partial charge on any atom is 0.297 e. The number of amides is 1. The van der Waals surface area contributed by atoms with Crippen molar-refractivity contribution in [1.82, 2.24) is 9.13 Å². The van der Waals surface area contributed by atoms with Crippen LogP contribution in [0.5, 0.6) is 5.88 Å². The molecule has 1 amide bonds. The summed E-state index contributed by atoms with van der Waals surface area (Å²) < 4.78 is 16.7. The lowest BCUT2D eigenvalue weighted by atomic mass is 10.2. The van der Waals surface area contributed by atoms with Crippen LogP contribution in [0.15, 0.2) is 64.8 Å². The predicted molar refractivity (Wildman–Crippen MR) is 109 cm³/mol. The van der Waals surface area contributed by atoms with Gasteiger partial charge in [0.15, 0.2) is 5.69 Å². The van der Waals surface area contributed by atoms with Gasteiger partial charge in [0.05, 0.1) is 11.1 Å². The molecule has 4 aromatic rings. The molecule has 2 aromatic heterocycles. The molecule has 6 nitrogen and oxygen atoms in total. The molecule has 4 rings (SSSR count). The van der Waals surface area contributed by atoms with Crippen molar-refractivity contribution in [2.75, 3.05) is 0 Å². The van der Waals surface area contributed by atoms with Crippen LogP contribution in [0.1, 0.15) is 21.7 Å². The van der Waals surface area contributed by atoms with E-state index in [0.29, 0.717) is 16.6 Å². The Bertz CT molecular complexity index is 1270. The Morgan fingerprint density at radius 1 is 1.07 bits per heavy atom. The van der Waals surface area contributed by atoms with Crippen LogP contribution in [0, 0.1) is 19.7 Å². The second-order valence-electron chi connectivity index (χ2n) is 6.85. The van der Waals surface area contributed by atoms with Gasteiger partial charge >= 0.3 is 0 Å². The molecule has 0 saturated carbocycles. The fourth-order valence-corrected chi connectivity index (χ4v) is 3.57. The van der Waals surface area contributed by atoms with Crippen LogP contribution in [-0.4, -0.2) is 20.1 Å². The highest BCUT2D eigenvalue weighted by Crippen LogP contribution is 2.37. The van der Waals surface area contributed by atoms with Crippen molar-refractivity contribution in [3.05, 3.63) is 77.4 Å². The quantitative estimate of drug-likeness (QED) is 0.479. The summed E-state index contributed by atoms with van der Waals surface area (Å²) in [7, 11) is 1.72. The molecule has 0 saturated heterocycles. The normalized spacial score (nSPS) is 11.6. The Balaban J connectivity index is 1.71. The average molecular weight is 390 g/mol. The smallest absolute Gasteiger partial charge is 0.297 e. The van der Waals surface area contributed by atoms with Crippen LogP contribution >= 0.6 is 0 Å². The fraction of sp³-hybridized carbons (Fsp3) is 0.136. The molecule has 0 bridgehead atoms. The van der Waals surface area contributed by atoms with E-state index >= 15 is 0 Å². The SMILES string of the molecule is Cc1cc(C(=O)N=Nc2c(O)n(C)c3ccccc23)c(C)n1-c1ccc(F)cc1. The number of para-hydroxylation sites is 1. The minimum absolute atomic E-state index is 0.0560. The number of hydrogen-bond donors (Lipinski definition) is 1. The van der Waals surface area contributed by atoms with E-state index in [2.05, 4.69) is 10.2 Å². The molecule has 0 radical (unpaired) electrons. The van der Waals surface area contributed by atoms with Gasteiger partial charge in [0.1, 0.15) is 5.82 Å². The van der Waals surface area contributed by atoms with Crippen molar-refractivity contribution < 1.29 is 14.3 Å². The second kappa shape index (κ2) is 7.01. The highest BCUT2D eigenvalue weighted by molar-refractivity contribution is 5.98. The van der Waals surface area contributed by atoms with Gasteiger partial charge in [0.25, 0.3) is 5.91 Å². The minimum Gasteiger partial charge on any atom is -0.493 e. The summed E-state index contributed by atoms with van der Waals surface area (Å²) >= 11 is 0. The van der Waals surface area contributed by atoms with Crippen molar-refractivity contribution in [3.63, 3.8) is 0 Å². The Labute approximate surface area is 166 Å². The monoisotopic (exact) mass is 390 g/mol. The molecule has 2 heterocycles. The van der Waals surface area contributed by atoms with Crippen LogP contribution in [0.2, 0.25) is 0 Å². The maximum absolute atomic E-state index is 13.2. The van der Waals surface area contributed by atoms with Crippen molar-refractivity contribution in [2.24, 2.45) is 17.3 Å². The summed E-state index contributed by atoms with van der Waals surface area (Å²) in [4.78, 5) is 12.7. The van der Waals surface area contributed by atoms with Crippen molar-refractivity contribution >= 4 is 22.5 Å². The number of carbonyl (C=O) groups excluding carboxylic acids is 1. The van der Waals surface area contributed by atoms with Gasteiger partial charge < -0.3 is 14.2 Å². The molecule has 0 aliphatic carbocycles. The minimum atomic E-state index is -0.515. The van der Waals surface area contributed by atoms with E-state index in [4.69, 9.17) is 0 Å². The predicted octanol–water partition coefficient (Wildman–Crippen LogP) is 5.35. The number of aryl methyl sites for hydroxylation is 2. The summed E-state index contributed by atoms with van der Waals surface area (Å²) in [6, 6.07) is 15.1. The lowest BCUT2D eigenvalue weighted by molar-refractivity contribution is 0.0994. The number of hydrogen-bond acceptors (Lipinski definition) is 3. The number of fused-ring (bicyclic) bond motifs is 1. The van der Waals surface area contributed by atoms with Gasteiger partial charge in [0.2, 0.25) is 5.88 Å². The van der Waals surface area contributed by atoms with Crippen LogP contribution in [-0.2, 0) is 7.05 Å². The van der Waals surface area contributed by atoms with E-state index in [0.717, 1.165) is 16.9 Å². The summed E-state index contributed by atoms with van der Waals surface area (Å²) in [5.74, 6) is -0.894. The molecular formula is C22H19FN4O2. The third kappa shape index (κ3) is 3.10. The zero-order valence-corrected chi connectivity index (χ0v) is 16.2. The lowest BCUT2D eigenvalue weighted by Crippen LogP contribution is -2.01. The Hall–Kier alpha value is -3.74. The van der Waals surface area contributed by atoms with Gasteiger partial charge in [-0.3, -0.25) is 4.79 Å². The Morgan fingerprint density at radius 3 is 2.48 bits per heavy atom. The number of azo groups is 1. The number of benzene rings is 2. The Morgan fingerprint density at radius 2 is 1.76 bits per heavy atom. The standard InChI is InChI=1S/C22H19FN4O2/c1-13-12-18(14(2)27(13)16-10-8-15(23)9-11-16)21(28)25-24-20-17-6-4-5-7-19(17)26(3)22(20)29/h4-12,29H,1-3H3. The summed E-state index contributed by atoms with van der Waals surface area (Å²) in [5.41, 5.74) is 3.70. The zero-order chi connectivity index (χ0) is 20.7. The molecule has 0 aliphatic heterocycles. The third-order valence-corrected chi connectivity index (χ3v) is 5.04. The zero-order valence-electron chi connectivity index (χ0n) is 16.2. The van der Waals surface area contributed by atoms with Gasteiger partial charge in [-0.2, -0.15) is 0 Å². The molecule has 0 spiro atoms. The summed E-state index contributed by atoms with van der Waals surface area (Å²) in [5, 5.41) is 18.9. The van der Waals surface area contributed by atoms with E-state index in [1.54, 1.807) is 36.7 Å². The highest BCUT2D eigenvalue weighted by atomic mass is 19.1. The number of halogens is 1. The van der Waals surface area contributed by atoms with Gasteiger partial charge in [-0.25, -0.2) is 4.39 Å². The number of aromatic nitrogens is 2. The third-order valence-electron chi connectivity index (χ3n) is 5.04. The van der Waals surface area contributed by atoms with Gasteiger partial charge in [0, 0.05) is 29.5 Å². The summed E-state index contributed by atoms with van der Waals surface area (Å²) in [6.45, 7) is 3.66. The average Bonchev–Trinajstić information content (AvgIpc) is 3.14. The highest BCUT2D eigenvalue weighted by Gasteiger charge is 2.18. The molecule has 29 heavy (non-hydrogen) atoms. The maximum atomic E-state index is 13.2. The van der Waals surface area contributed by atoms with E-state index < -0.39 is 5.91 Å². The van der Waals surface area contributed by atoms with Gasteiger partial charge in [-0.05, 0) is 50.2 Å². The van der Waals surface area contributed by atoms with Crippen molar-refractivity contribution in [3.8, 4) is 11.6 Å².